The van der Waals surface area contributed by atoms with Crippen LogP contribution in [0.1, 0.15) is 49.3 Å². The van der Waals surface area contributed by atoms with Crippen LogP contribution in [-0.4, -0.2) is 28.4 Å². The minimum Gasteiger partial charge on any atom is -0.508 e. The van der Waals surface area contributed by atoms with Gasteiger partial charge in [0.05, 0.1) is 12.7 Å². The first-order valence-corrected chi connectivity index (χ1v) is 7.52. The Balaban J connectivity index is 1.80. The Morgan fingerprint density at radius 2 is 1.95 bits per heavy atom. The van der Waals surface area contributed by atoms with E-state index in [1.165, 1.54) is 38.2 Å². The molecule has 1 saturated carbocycles. The van der Waals surface area contributed by atoms with Crippen molar-refractivity contribution in [3.63, 3.8) is 0 Å². The van der Waals surface area contributed by atoms with Crippen molar-refractivity contribution in [2.75, 3.05) is 13.1 Å². The number of nitrogens with one attached hydrogen (secondary N) is 1. The molecule has 0 radical (unpaired) electrons. The standard InChI is InChI=1S/C16H25NO3/c18-11-14-8-13(6-7-15(14)19)16(20)10-17-9-12-4-2-1-3-5-12/h6-8,12,16-20H,1-5,9-11H2. The molecule has 4 heteroatoms. The molecule has 0 amide bonds. The lowest BCUT2D eigenvalue weighted by molar-refractivity contribution is 0.170. The fraction of sp³-hybridized carbons (Fsp3) is 0.625. The van der Waals surface area contributed by atoms with Gasteiger partial charge in [0.1, 0.15) is 5.75 Å². The van der Waals surface area contributed by atoms with Gasteiger partial charge in [-0.25, -0.2) is 0 Å². The van der Waals surface area contributed by atoms with E-state index in [2.05, 4.69) is 5.32 Å². The molecule has 0 heterocycles. The number of hydrogen-bond donors (Lipinski definition) is 4. The van der Waals surface area contributed by atoms with Crippen LogP contribution >= 0.6 is 0 Å². The zero-order valence-corrected chi connectivity index (χ0v) is 11.9. The van der Waals surface area contributed by atoms with Gasteiger partial charge in [-0.15, -0.1) is 0 Å². The van der Waals surface area contributed by atoms with Crippen LogP contribution in [0.5, 0.6) is 5.75 Å². The molecule has 1 unspecified atom stereocenters. The summed E-state index contributed by atoms with van der Waals surface area (Å²) in [5.41, 5.74) is 1.18. The van der Waals surface area contributed by atoms with Crippen LogP contribution in [-0.2, 0) is 6.61 Å². The second-order valence-corrected chi connectivity index (χ2v) is 5.72. The summed E-state index contributed by atoms with van der Waals surface area (Å²) in [5.74, 6) is 0.808. The summed E-state index contributed by atoms with van der Waals surface area (Å²) >= 11 is 0. The average Bonchev–Trinajstić information content (AvgIpc) is 2.48. The minimum atomic E-state index is -0.607. The third-order valence-electron chi connectivity index (χ3n) is 4.15. The first kappa shape index (κ1) is 15.3. The summed E-state index contributed by atoms with van der Waals surface area (Å²) in [4.78, 5) is 0. The number of phenols is 1. The zero-order chi connectivity index (χ0) is 14.4. The van der Waals surface area contributed by atoms with E-state index >= 15 is 0 Å². The molecule has 0 bridgehead atoms. The van der Waals surface area contributed by atoms with Crippen LogP contribution < -0.4 is 5.32 Å². The smallest absolute Gasteiger partial charge is 0.121 e. The molecule has 1 aromatic rings. The molecule has 1 aliphatic carbocycles. The molecular formula is C16H25NO3. The summed E-state index contributed by atoms with van der Waals surface area (Å²) in [6.07, 6.45) is 5.98. The molecule has 0 aliphatic heterocycles. The van der Waals surface area contributed by atoms with Crippen LogP contribution in [0.4, 0.5) is 0 Å². The third kappa shape index (κ3) is 4.20. The maximum atomic E-state index is 10.1. The van der Waals surface area contributed by atoms with E-state index in [1.807, 2.05) is 0 Å². The Hall–Kier alpha value is -1.10. The SMILES string of the molecule is OCc1cc(C(O)CNCC2CCCCC2)ccc1O. The highest BCUT2D eigenvalue weighted by molar-refractivity contribution is 5.36. The third-order valence-corrected chi connectivity index (χ3v) is 4.15. The molecule has 0 spiro atoms. The Morgan fingerprint density at radius 3 is 2.65 bits per heavy atom. The van der Waals surface area contributed by atoms with Gasteiger partial charge in [0.2, 0.25) is 0 Å². The van der Waals surface area contributed by atoms with Gasteiger partial charge >= 0.3 is 0 Å². The number of aliphatic hydroxyl groups excluding tert-OH is 2. The second kappa shape index (κ2) is 7.62. The van der Waals surface area contributed by atoms with E-state index < -0.39 is 6.10 Å². The van der Waals surface area contributed by atoms with Crippen LogP contribution in [0.2, 0.25) is 0 Å². The topological polar surface area (TPSA) is 72.7 Å². The second-order valence-electron chi connectivity index (χ2n) is 5.72. The van der Waals surface area contributed by atoms with E-state index in [-0.39, 0.29) is 12.4 Å². The zero-order valence-electron chi connectivity index (χ0n) is 11.9. The van der Waals surface area contributed by atoms with E-state index in [1.54, 1.807) is 12.1 Å². The lowest BCUT2D eigenvalue weighted by atomic mass is 9.89. The summed E-state index contributed by atoms with van der Waals surface area (Å²) in [6.45, 7) is 1.25. The Kier molecular flexibility index (Phi) is 5.83. The lowest BCUT2D eigenvalue weighted by Crippen LogP contribution is -2.28. The van der Waals surface area contributed by atoms with Crippen LogP contribution in [0.15, 0.2) is 18.2 Å². The number of rotatable bonds is 6. The highest BCUT2D eigenvalue weighted by atomic mass is 16.3. The van der Waals surface area contributed by atoms with Crippen molar-refractivity contribution in [1.29, 1.82) is 0 Å². The highest BCUT2D eigenvalue weighted by Crippen LogP contribution is 2.24. The van der Waals surface area contributed by atoms with E-state index in [9.17, 15) is 10.2 Å². The van der Waals surface area contributed by atoms with Gasteiger partial charge in [-0.3, -0.25) is 0 Å². The van der Waals surface area contributed by atoms with E-state index in [0.717, 1.165) is 18.0 Å². The molecule has 4 N–H and O–H groups in total. The van der Waals surface area contributed by atoms with Crippen molar-refractivity contribution in [1.82, 2.24) is 5.32 Å². The van der Waals surface area contributed by atoms with Crippen molar-refractivity contribution in [3.05, 3.63) is 29.3 Å². The van der Waals surface area contributed by atoms with Gasteiger partial charge in [-0.05, 0) is 43.0 Å². The number of benzene rings is 1. The van der Waals surface area contributed by atoms with Crippen molar-refractivity contribution in [2.45, 2.75) is 44.8 Å². The molecular weight excluding hydrogens is 254 g/mol. The molecule has 2 rings (SSSR count). The quantitative estimate of drug-likeness (QED) is 0.643. The largest absolute Gasteiger partial charge is 0.508 e. The molecule has 112 valence electrons. The van der Waals surface area contributed by atoms with Crippen molar-refractivity contribution in [2.24, 2.45) is 5.92 Å². The molecule has 0 aromatic heterocycles. The Labute approximate surface area is 120 Å². The van der Waals surface area contributed by atoms with E-state index in [0.29, 0.717) is 12.1 Å². The Bertz CT molecular complexity index is 416. The molecule has 1 aliphatic rings. The fourth-order valence-corrected chi connectivity index (χ4v) is 2.87. The predicted octanol–water partition coefficient (Wildman–Crippen LogP) is 2.09. The molecule has 20 heavy (non-hydrogen) atoms. The average molecular weight is 279 g/mol. The summed E-state index contributed by atoms with van der Waals surface area (Å²) in [5, 5.41) is 32.1. The van der Waals surface area contributed by atoms with Crippen LogP contribution in [0, 0.1) is 5.92 Å². The Morgan fingerprint density at radius 1 is 1.20 bits per heavy atom. The van der Waals surface area contributed by atoms with Crippen molar-refractivity contribution >= 4 is 0 Å². The summed E-state index contributed by atoms with van der Waals surface area (Å²) < 4.78 is 0. The van der Waals surface area contributed by atoms with Crippen LogP contribution in [0.25, 0.3) is 0 Å². The molecule has 4 nitrogen and oxygen atoms in total. The monoisotopic (exact) mass is 279 g/mol. The van der Waals surface area contributed by atoms with Gasteiger partial charge in [-0.1, -0.05) is 25.3 Å². The fourth-order valence-electron chi connectivity index (χ4n) is 2.87. The minimum absolute atomic E-state index is 0.0682. The summed E-state index contributed by atoms with van der Waals surface area (Å²) in [6, 6.07) is 4.87. The molecule has 1 atom stereocenters. The first-order chi connectivity index (χ1) is 9.70. The highest BCUT2D eigenvalue weighted by Gasteiger charge is 2.14. The molecule has 1 fully saturated rings. The normalized spacial score (nSPS) is 18.1. The van der Waals surface area contributed by atoms with Crippen molar-refractivity contribution in [3.8, 4) is 5.75 Å². The number of aliphatic hydroxyl groups is 2. The van der Waals surface area contributed by atoms with Gasteiger partial charge in [0.25, 0.3) is 0 Å². The molecule has 0 saturated heterocycles. The molecule has 1 aromatic carbocycles. The summed E-state index contributed by atoms with van der Waals surface area (Å²) in [7, 11) is 0. The maximum Gasteiger partial charge on any atom is 0.121 e. The van der Waals surface area contributed by atoms with Gasteiger partial charge in [0, 0.05) is 12.1 Å². The maximum absolute atomic E-state index is 10.1. The number of aromatic hydroxyl groups is 1. The van der Waals surface area contributed by atoms with E-state index in [4.69, 9.17) is 5.11 Å². The van der Waals surface area contributed by atoms with Gasteiger partial charge in [0.15, 0.2) is 0 Å². The first-order valence-electron chi connectivity index (χ1n) is 7.52. The van der Waals surface area contributed by atoms with Gasteiger partial charge in [-0.2, -0.15) is 0 Å². The predicted molar refractivity (Wildman–Crippen MR) is 78.4 cm³/mol. The lowest BCUT2D eigenvalue weighted by Gasteiger charge is -2.22. The van der Waals surface area contributed by atoms with Crippen molar-refractivity contribution < 1.29 is 15.3 Å². The van der Waals surface area contributed by atoms with Crippen LogP contribution in [0.3, 0.4) is 0 Å². The van der Waals surface area contributed by atoms with Gasteiger partial charge < -0.3 is 20.6 Å². The number of hydrogen-bond acceptors (Lipinski definition) is 4.